The van der Waals surface area contributed by atoms with Gasteiger partial charge in [-0.1, -0.05) is 30.9 Å². The first-order valence-electron chi connectivity index (χ1n) is 9.28. The Bertz CT molecular complexity index is 645. The van der Waals surface area contributed by atoms with E-state index in [1.807, 2.05) is 0 Å². The predicted molar refractivity (Wildman–Crippen MR) is 106 cm³/mol. The molecule has 0 unspecified atom stereocenters. The van der Waals surface area contributed by atoms with Crippen LogP contribution in [0.3, 0.4) is 0 Å². The van der Waals surface area contributed by atoms with E-state index in [1.165, 1.54) is 11.3 Å². The molecule has 1 aliphatic carbocycles. The summed E-state index contributed by atoms with van der Waals surface area (Å²) in [6, 6.07) is 6.73. The standard InChI is InChI=1S/C19H27ClN4O3/c1-24(13-17(25)22-16-9-7-14(20)8-10-16)18(26)11-12-21-19(27)23-15-5-3-2-4-6-15/h7-10,15H,2-6,11-13H2,1H3,(H,22,25)(H2,21,23,27). The number of carbonyl (C=O) groups excluding carboxylic acids is 3. The number of amides is 4. The first-order chi connectivity index (χ1) is 12.9. The summed E-state index contributed by atoms with van der Waals surface area (Å²) >= 11 is 5.80. The number of halogens is 1. The fourth-order valence-corrected chi connectivity index (χ4v) is 3.12. The predicted octanol–water partition coefficient (Wildman–Crippen LogP) is 2.76. The summed E-state index contributed by atoms with van der Waals surface area (Å²) in [4.78, 5) is 37.3. The maximum absolute atomic E-state index is 12.1. The van der Waals surface area contributed by atoms with Crippen LogP contribution >= 0.6 is 11.6 Å². The Morgan fingerprint density at radius 2 is 1.78 bits per heavy atom. The van der Waals surface area contributed by atoms with Crippen molar-refractivity contribution in [1.29, 1.82) is 0 Å². The lowest BCUT2D eigenvalue weighted by molar-refractivity contribution is -0.133. The van der Waals surface area contributed by atoms with Crippen molar-refractivity contribution in [2.75, 3.05) is 25.5 Å². The minimum absolute atomic E-state index is 0.0598. The second-order valence-electron chi connectivity index (χ2n) is 6.79. The average molecular weight is 395 g/mol. The van der Waals surface area contributed by atoms with Crippen LogP contribution in [0.25, 0.3) is 0 Å². The van der Waals surface area contributed by atoms with E-state index < -0.39 is 0 Å². The third-order valence-electron chi connectivity index (χ3n) is 4.50. The van der Waals surface area contributed by atoms with Gasteiger partial charge in [-0.3, -0.25) is 9.59 Å². The van der Waals surface area contributed by atoms with Gasteiger partial charge in [-0.2, -0.15) is 0 Å². The van der Waals surface area contributed by atoms with Gasteiger partial charge in [0.2, 0.25) is 11.8 Å². The van der Waals surface area contributed by atoms with Crippen LogP contribution in [0, 0.1) is 0 Å². The van der Waals surface area contributed by atoms with Crippen LogP contribution in [-0.2, 0) is 9.59 Å². The highest BCUT2D eigenvalue weighted by molar-refractivity contribution is 6.30. The number of anilines is 1. The molecule has 0 bridgehead atoms. The topological polar surface area (TPSA) is 90.5 Å². The van der Waals surface area contributed by atoms with Crippen LogP contribution in [0.1, 0.15) is 38.5 Å². The van der Waals surface area contributed by atoms with Crippen molar-refractivity contribution in [3.05, 3.63) is 29.3 Å². The molecular formula is C19H27ClN4O3. The lowest BCUT2D eigenvalue weighted by atomic mass is 9.96. The van der Waals surface area contributed by atoms with Gasteiger partial charge in [-0.05, 0) is 37.1 Å². The molecule has 0 radical (unpaired) electrons. The van der Waals surface area contributed by atoms with Gasteiger partial charge in [0.1, 0.15) is 0 Å². The van der Waals surface area contributed by atoms with Gasteiger partial charge in [0.25, 0.3) is 0 Å². The molecule has 1 aromatic rings. The van der Waals surface area contributed by atoms with Gasteiger partial charge in [0, 0.05) is 36.8 Å². The highest BCUT2D eigenvalue weighted by Crippen LogP contribution is 2.17. The highest BCUT2D eigenvalue weighted by atomic mass is 35.5. The van der Waals surface area contributed by atoms with Crippen molar-refractivity contribution < 1.29 is 14.4 Å². The van der Waals surface area contributed by atoms with E-state index in [1.54, 1.807) is 31.3 Å². The first kappa shape index (κ1) is 21.0. The monoisotopic (exact) mass is 394 g/mol. The SMILES string of the molecule is CN(CC(=O)Nc1ccc(Cl)cc1)C(=O)CCNC(=O)NC1CCCCC1. The Kier molecular flexibility index (Phi) is 8.39. The second-order valence-corrected chi connectivity index (χ2v) is 7.23. The van der Waals surface area contributed by atoms with Gasteiger partial charge in [0.15, 0.2) is 0 Å². The molecule has 4 amide bonds. The summed E-state index contributed by atoms with van der Waals surface area (Å²) in [5, 5.41) is 8.93. The van der Waals surface area contributed by atoms with Gasteiger partial charge >= 0.3 is 6.03 Å². The molecule has 0 spiro atoms. The second kappa shape index (κ2) is 10.8. The number of urea groups is 1. The Balaban J connectivity index is 1.63. The summed E-state index contributed by atoms with van der Waals surface area (Å²) in [6.45, 7) is 0.177. The summed E-state index contributed by atoms with van der Waals surface area (Å²) in [5.74, 6) is -0.504. The number of hydrogen-bond donors (Lipinski definition) is 3. The van der Waals surface area contributed by atoms with Gasteiger partial charge in [-0.15, -0.1) is 0 Å². The number of nitrogens with one attached hydrogen (secondary N) is 3. The number of carbonyl (C=O) groups is 3. The molecule has 0 heterocycles. The fourth-order valence-electron chi connectivity index (χ4n) is 2.99. The van der Waals surface area contributed by atoms with Gasteiger partial charge < -0.3 is 20.9 Å². The molecule has 1 saturated carbocycles. The zero-order valence-corrected chi connectivity index (χ0v) is 16.3. The fraction of sp³-hybridized carbons (Fsp3) is 0.526. The average Bonchev–Trinajstić information content (AvgIpc) is 2.64. The summed E-state index contributed by atoms with van der Waals surface area (Å²) in [6.07, 6.45) is 5.68. The molecule has 27 heavy (non-hydrogen) atoms. The number of benzene rings is 1. The molecule has 3 N–H and O–H groups in total. The zero-order chi connectivity index (χ0) is 19.6. The van der Waals surface area contributed by atoms with Crippen molar-refractivity contribution in [3.63, 3.8) is 0 Å². The number of likely N-dealkylation sites (N-methyl/N-ethyl adjacent to an activating group) is 1. The maximum Gasteiger partial charge on any atom is 0.315 e. The van der Waals surface area contributed by atoms with Crippen LogP contribution in [0.2, 0.25) is 5.02 Å². The Morgan fingerprint density at radius 1 is 1.11 bits per heavy atom. The summed E-state index contributed by atoms with van der Waals surface area (Å²) in [5.41, 5.74) is 0.617. The van der Waals surface area contributed by atoms with E-state index in [4.69, 9.17) is 11.6 Å². The minimum atomic E-state index is -0.295. The largest absolute Gasteiger partial charge is 0.338 e. The molecule has 1 aromatic carbocycles. The number of nitrogens with zero attached hydrogens (tertiary/aromatic N) is 1. The molecule has 1 fully saturated rings. The molecule has 2 rings (SSSR count). The van der Waals surface area contributed by atoms with Crippen LogP contribution in [-0.4, -0.2) is 48.9 Å². The number of rotatable bonds is 7. The van der Waals surface area contributed by atoms with E-state index >= 15 is 0 Å². The molecule has 0 aromatic heterocycles. The lowest BCUT2D eigenvalue weighted by Gasteiger charge is -2.23. The Morgan fingerprint density at radius 3 is 2.44 bits per heavy atom. The molecule has 0 saturated heterocycles. The summed E-state index contributed by atoms with van der Waals surface area (Å²) in [7, 11) is 1.56. The minimum Gasteiger partial charge on any atom is -0.338 e. The van der Waals surface area contributed by atoms with E-state index in [2.05, 4.69) is 16.0 Å². The van der Waals surface area contributed by atoms with Crippen molar-refractivity contribution in [1.82, 2.24) is 15.5 Å². The van der Waals surface area contributed by atoms with Gasteiger partial charge in [0.05, 0.1) is 6.54 Å². The molecule has 7 nitrogen and oxygen atoms in total. The maximum atomic E-state index is 12.1. The van der Waals surface area contributed by atoms with Crippen LogP contribution in [0.4, 0.5) is 10.5 Å². The van der Waals surface area contributed by atoms with E-state index in [0.717, 1.165) is 25.7 Å². The third-order valence-corrected chi connectivity index (χ3v) is 4.75. The molecule has 0 atom stereocenters. The molecule has 148 valence electrons. The van der Waals surface area contributed by atoms with Crippen LogP contribution in [0.15, 0.2) is 24.3 Å². The number of hydrogen-bond acceptors (Lipinski definition) is 3. The normalized spacial score (nSPS) is 14.3. The smallest absolute Gasteiger partial charge is 0.315 e. The quantitative estimate of drug-likeness (QED) is 0.664. The molecular weight excluding hydrogens is 368 g/mol. The molecule has 1 aliphatic rings. The van der Waals surface area contributed by atoms with E-state index in [-0.39, 0.29) is 43.4 Å². The van der Waals surface area contributed by atoms with Crippen LogP contribution < -0.4 is 16.0 Å². The molecule has 8 heteroatoms. The lowest BCUT2D eigenvalue weighted by Crippen LogP contribution is -2.44. The zero-order valence-electron chi connectivity index (χ0n) is 15.6. The molecule has 0 aliphatic heterocycles. The summed E-state index contributed by atoms with van der Waals surface area (Å²) < 4.78 is 0. The van der Waals surface area contributed by atoms with Crippen molar-refractivity contribution in [2.24, 2.45) is 0 Å². The first-order valence-corrected chi connectivity index (χ1v) is 9.65. The highest BCUT2D eigenvalue weighted by Gasteiger charge is 2.16. The van der Waals surface area contributed by atoms with Gasteiger partial charge in [-0.25, -0.2) is 4.79 Å². The van der Waals surface area contributed by atoms with E-state index in [0.29, 0.717) is 10.7 Å². The Labute approximate surface area is 164 Å². The Hall–Kier alpha value is -2.28. The van der Waals surface area contributed by atoms with Crippen molar-refractivity contribution >= 4 is 35.1 Å². The van der Waals surface area contributed by atoms with Crippen LogP contribution in [0.5, 0.6) is 0 Å². The van der Waals surface area contributed by atoms with Crippen molar-refractivity contribution in [3.8, 4) is 0 Å². The third kappa shape index (κ3) is 7.86. The van der Waals surface area contributed by atoms with E-state index in [9.17, 15) is 14.4 Å². The van der Waals surface area contributed by atoms with Crippen molar-refractivity contribution in [2.45, 2.75) is 44.6 Å².